The van der Waals surface area contributed by atoms with Crippen LogP contribution in [0.3, 0.4) is 0 Å². The standard InChI is InChI=1S/C16H25NO4/c1-3-16(4-2)9-12(7-8-21-16)17-10-11-5-6-13(18)15(20)14(11)19/h5-6,12,17-20H,3-4,7-10H2,1-2H3. The highest BCUT2D eigenvalue weighted by atomic mass is 16.5. The summed E-state index contributed by atoms with van der Waals surface area (Å²) in [6, 6.07) is 3.33. The quantitative estimate of drug-likeness (QED) is 0.628. The van der Waals surface area contributed by atoms with Gasteiger partial charge in [-0.2, -0.15) is 0 Å². The molecule has 1 fully saturated rings. The summed E-state index contributed by atoms with van der Waals surface area (Å²) in [4.78, 5) is 0. The summed E-state index contributed by atoms with van der Waals surface area (Å²) in [6.07, 6.45) is 3.87. The number of nitrogens with one attached hydrogen (secondary N) is 1. The zero-order valence-electron chi connectivity index (χ0n) is 12.7. The lowest BCUT2D eigenvalue weighted by atomic mass is 9.86. The number of phenols is 3. The lowest BCUT2D eigenvalue weighted by Gasteiger charge is -2.40. The molecule has 118 valence electrons. The Labute approximate surface area is 125 Å². The van der Waals surface area contributed by atoms with Gasteiger partial charge in [0.15, 0.2) is 11.5 Å². The summed E-state index contributed by atoms with van der Waals surface area (Å²) >= 11 is 0. The Kier molecular flexibility index (Phi) is 4.96. The fraction of sp³-hybridized carbons (Fsp3) is 0.625. The van der Waals surface area contributed by atoms with Crippen molar-refractivity contribution in [3.63, 3.8) is 0 Å². The van der Waals surface area contributed by atoms with E-state index >= 15 is 0 Å². The van der Waals surface area contributed by atoms with E-state index in [-0.39, 0.29) is 17.1 Å². The first-order valence-corrected chi connectivity index (χ1v) is 7.61. The fourth-order valence-corrected chi connectivity index (χ4v) is 2.95. The number of aromatic hydroxyl groups is 3. The summed E-state index contributed by atoms with van der Waals surface area (Å²) in [5.41, 5.74) is 0.532. The molecule has 4 N–H and O–H groups in total. The zero-order chi connectivity index (χ0) is 15.5. The average Bonchev–Trinajstić information content (AvgIpc) is 2.52. The second-order valence-electron chi connectivity index (χ2n) is 5.75. The van der Waals surface area contributed by atoms with Crippen LogP contribution in [0.15, 0.2) is 12.1 Å². The Morgan fingerprint density at radius 3 is 2.57 bits per heavy atom. The Morgan fingerprint density at radius 1 is 1.19 bits per heavy atom. The molecule has 1 aromatic carbocycles. The summed E-state index contributed by atoms with van der Waals surface area (Å²) in [6.45, 7) is 5.49. The largest absolute Gasteiger partial charge is 0.504 e. The van der Waals surface area contributed by atoms with Crippen molar-refractivity contribution in [2.24, 2.45) is 0 Å². The van der Waals surface area contributed by atoms with Gasteiger partial charge < -0.3 is 25.4 Å². The highest BCUT2D eigenvalue weighted by Crippen LogP contribution is 2.37. The van der Waals surface area contributed by atoms with Crippen molar-refractivity contribution in [1.29, 1.82) is 0 Å². The molecule has 21 heavy (non-hydrogen) atoms. The molecule has 1 unspecified atom stereocenters. The highest BCUT2D eigenvalue weighted by Gasteiger charge is 2.34. The van der Waals surface area contributed by atoms with Crippen LogP contribution in [0.4, 0.5) is 0 Å². The predicted molar refractivity (Wildman–Crippen MR) is 80.6 cm³/mol. The molecule has 0 spiro atoms. The van der Waals surface area contributed by atoms with Gasteiger partial charge in [-0.15, -0.1) is 0 Å². The van der Waals surface area contributed by atoms with Gasteiger partial charge in [-0.3, -0.25) is 0 Å². The maximum absolute atomic E-state index is 9.83. The normalized spacial score (nSPS) is 21.3. The summed E-state index contributed by atoms with van der Waals surface area (Å²) in [5, 5.41) is 32.1. The smallest absolute Gasteiger partial charge is 0.200 e. The number of benzene rings is 1. The van der Waals surface area contributed by atoms with Crippen molar-refractivity contribution >= 4 is 0 Å². The van der Waals surface area contributed by atoms with Gasteiger partial charge in [-0.05, 0) is 31.7 Å². The molecule has 5 heteroatoms. The van der Waals surface area contributed by atoms with Crippen LogP contribution in [-0.4, -0.2) is 33.6 Å². The number of hydrogen-bond acceptors (Lipinski definition) is 5. The molecule has 1 atom stereocenters. The van der Waals surface area contributed by atoms with Gasteiger partial charge in [0.25, 0.3) is 0 Å². The highest BCUT2D eigenvalue weighted by molar-refractivity contribution is 5.53. The van der Waals surface area contributed by atoms with Crippen LogP contribution >= 0.6 is 0 Å². The van der Waals surface area contributed by atoms with E-state index in [1.165, 1.54) is 6.07 Å². The van der Waals surface area contributed by atoms with Crippen molar-refractivity contribution in [2.45, 2.75) is 57.7 Å². The Morgan fingerprint density at radius 2 is 1.90 bits per heavy atom. The third-order valence-corrected chi connectivity index (χ3v) is 4.58. The summed E-state index contributed by atoms with van der Waals surface area (Å²) < 4.78 is 5.94. The van der Waals surface area contributed by atoms with Crippen LogP contribution in [0.1, 0.15) is 45.1 Å². The molecule has 1 aliphatic rings. The maximum Gasteiger partial charge on any atom is 0.200 e. The van der Waals surface area contributed by atoms with Crippen LogP contribution in [0.5, 0.6) is 17.2 Å². The van der Waals surface area contributed by atoms with Crippen LogP contribution in [0.2, 0.25) is 0 Å². The van der Waals surface area contributed by atoms with E-state index in [2.05, 4.69) is 19.2 Å². The fourth-order valence-electron chi connectivity index (χ4n) is 2.95. The van der Waals surface area contributed by atoms with Crippen molar-refractivity contribution in [3.05, 3.63) is 17.7 Å². The van der Waals surface area contributed by atoms with Crippen molar-refractivity contribution in [1.82, 2.24) is 5.32 Å². The van der Waals surface area contributed by atoms with Gasteiger partial charge >= 0.3 is 0 Å². The van der Waals surface area contributed by atoms with Gasteiger partial charge in [0.05, 0.1) is 5.60 Å². The Hall–Kier alpha value is -1.46. The summed E-state index contributed by atoms with van der Waals surface area (Å²) in [7, 11) is 0. The van der Waals surface area contributed by atoms with E-state index in [4.69, 9.17) is 4.74 Å². The first-order valence-electron chi connectivity index (χ1n) is 7.61. The monoisotopic (exact) mass is 295 g/mol. The molecule has 2 rings (SSSR count). The van der Waals surface area contributed by atoms with E-state index in [1.807, 2.05) is 0 Å². The van der Waals surface area contributed by atoms with Gasteiger partial charge in [0, 0.05) is 24.8 Å². The Balaban J connectivity index is 1.99. The van der Waals surface area contributed by atoms with E-state index in [0.717, 1.165) is 32.3 Å². The first-order chi connectivity index (χ1) is 10.0. The molecule has 0 saturated carbocycles. The molecule has 0 radical (unpaired) electrons. The van der Waals surface area contributed by atoms with Crippen molar-refractivity contribution in [3.8, 4) is 17.2 Å². The molecule has 0 aliphatic carbocycles. The third kappa shape index (κ3) is 3.41. The average molecular weight is 295 g/mol. The minimum atomic E-state index is -0.460. The number of ether oxygens (including phenoxy) is 1. The molecule has 0 bridgehead atoms. The molecule has 0 aromatic heterocycles. The number of hydrogen-bond donors (Lipinski definition) is 4. The number of phenolic OH excluding ortho intramolecular Hbond substituents is 3. The zero-order valence-corrected chi connectivity index (χ0v) is 12.7. The molecule has 1 saturated heterocycles. The maximum atomic E-state index is 9.83. The van der Waals surface area contributed by atoms with Crippen molar-refractivity contribution < 1.29 is 20.1 Å². The Bertz CT molecular complexity index is 485. The van der Waals surface area contributed by atoms with Gasteiger partial charge in [-0.25, -0.2) is 0 Å². The minimum Gasteiger partial charge on any atom is -0.504 e. The second-order valence-corrected chi connectivity index (χ2v) is 5.75. The van der Waals surface area contributed by atoms with E-state index < -0.39 is 5.75 Å². The first kappa shape index (κ1) is 15.9. The molecule has 1 heterocycles. The lowest BCUT2D eigenvalue weighted by Crippen LogP contribution is -2.46. The SMILES string of the molecule is CCC1(CC)CC(NCc2ccc(O)c(O)c2O)CCO1. The van der Waals surface area contributed by atoms with Crippen LogP contribution in [0.25, 0.3) is 0 Å². The van der Waals surface area contributed by atoms with Crippen molar-refractivity contribution in [2.75, 3.05) is 6.61 Å². The van der Waals surface area contributed by atoms with E-state index in [1.54, 1.807) is 6.07 Å². The van der Waals surface area contributed by atoms with E-state index in [0.29, 0.717) is 18.2 Å². The van der Waals surface area contributed by atoms with Gasteiger partial charge in [0.2, 0.25) is 5.75 Å². The van der Waals surface area contributed by atoms with Gasteiger partial charge in [-0.1, -0.05) is 19.9 Å². The third-order valence-electron chi connectivity index (χ3n) is 4.58. The predicted octanol–water partition coefficient (Wildman–Crippen LogP) is 2.63. The number of rotatable bonds is 5. The van der Waals surface area contributed by atoms with Crippen LogP contribution in [-0.2, 0) is 11.3 Å². The van der Waals surface area contributed by atoms with Crippen LogP contribution < -0.4 is 5.32 Å². The minimum absolute atomic E-state index is 0.0466. The molecular weight excluding hydrogens is 270 g/mol. The van der Waals surface area contributed by atoms with Crippen LogP contribution in [0, 0.1) is 0 Å². The van der Waals surface area contributed by atoms with E-state index in [9.17, 15) is 15.3 Å². The topological polar surface area (TPSA) is 82.0 Å². The molecule has 1 aromatic rings. The molecule has 5 nitrogen and oxygen atoms in total. The van der Waals surface area contributed by atoms with Gasteiger partial charge in [0.1, 0.15) is 0 Å². The second kappa shape index (κ2) is 6.54. The molecule has 0 amide bonds. The molecular formula is C16H25NO4. The molecule has 1 aliphatic heterocycles. The summed E-state index contributed by atoms with van der Waals surface area (Å²) in [5.74, 6) is -1.03. The lowest BCUT2D eigenvalue weighted by molar-refractivity contribution is -0.0932.